The molecule has 0 aliphatic heterocycles. The summed E-state index contributed by atoms with van der Waals surface area (Å²) in [5, 5.41) is 11.9. The van der Waals surface area contributed by atoms with Gasteiger partial charge >= 0.3 is 0 Å². The zero-order valence-corrected chi connectivity index (χ0v) is 18.5. The Morgan fingerprint density at radius 1 is 1.14 bits per heavy atom. The number of Topliss-reactive ketones (excluding diaryl/α,β-unsaturated/α-hetero) is 1. The first kappa shape index (κ1) is 21.7. The lowest BCUT2D eigenvalue weighted by atomic mass is 9.88. The predicted molar refractivity (Wildman–Crippen MR) is 122 cm³/mol. The van der Waals surface area contributed by atoms with E-state index in [1.807, 2.05) is 18.2 Å². The summed E-state index contributed by atoms with van der Waals surface area (Å²) in [4.78, 5) is 13.8. The molecule has 1 aliphatic carbocycles. The highest BCUT2D eigenvalue weighted by molar-refractivity contribution is 7.04. The van der Waals surface area contributed by atoms with E-state index in [2.05, 4.69) is 68.6 Å². The molecule has 3 nitrogen and oxygen atoms in total. The summed E-state index contributed by atoms with van der Waals surface area (Å²) in [6, 6.07) is 21.0. The Morgan fingerprint density at radius 3 is 2.17 bits per heavy atom. The number of hydrogen-bond acceptors (Lipinski definition) is 3. The fourth-order valence-corrected chi connectivity index (χ4v) is 9.48. The number of carbonyl (C=O) groups excluding carboxylic acids is 1. The van der Waals surface area contributed by atoms with Crippen molar-refractivity contribution < 1.29 is 14.6 Å². The molecule has 0 heterocycles. The Hall–Kier alpha value is -2.01. The molecule has 2 aromatic rings. The lowest BCUT2D eigenvalue weighted by Gasteiger charge is -2.35. The van der Waals surface area contributed by atoms with Gasteiger partial charge in [0.2, 0.25) is 0 Å². The van der Waals surface area contributed by atoms with E-state index in [0.717, 1.165) is 12.8 Å². The minimum Gasteiger partial charge on any atom is -0.394 e. The maximum Gasteiger partial charge on any atom is 0.140 e. The van der Waals surface area contributed by atoms with Gasteiger partial charge in [0, 0.05) is 11.5 Å². The fraction of sp³-hybridized carbons (Fsp3) is 0.400. The van der Waals surface area contributed by atoms with Crippen LogP contribution in [-0.4, -0.2) is 37.8 Å². The van der Waals surface area contributed by atoms with Crippen LogP contribution in [0, 0.1) is 5.92 Å². The molecule has 1 N–H and O–H groups in total. The molecule has 0 radical (unpaired) electrons. The number of hydrogen-bond donors (Lipinski definition) is 1. The third-order valence-electron chi connectivity index (χ3n) is 6.66. The van der Waals surface area contributed by atoms with Crippen LogP contribution in [0.15, 0.2) is 73.3 Å². The van der Waals surface area contributed by atoms with Crippen LogP contribution in [0.4, 0.5) is 0 Å². The Balaban J connectivity index is 2.08. The third kappa shape index (κ3) is 4.16. The van der Waals surface area contributed by atoms with Crippen LogP contribution >= 0.6 is 0 Å². The molecule has 0 aromatic heterocycles. The summed E-state index contributed by atoms with van der Waals surface area (Å²) in [7, 11) is -2.36. The van der Waals surface area contributed by atoms with Crippen molar-refractivity contribution in [3.05, 3.63) is 73.3 Å². The topological polar surface area (TPSA) is 46.5 Å². The lowest BCUT2D eigenvalue weighted by molar-refractivity contribution is -0.128. The number of aliphatic hydroxyl groups excluding tert-OH is 1. The largest absolute Gasteiger partial charge is 0.394 e. The second-order valence-corrected chi connectivity index (χ2v) is 12.7. The summed E-state index contributed by atoms with van der Waals surface area (Å²) in [6.45, 7) is 8.44. The van der Waals surface area contributed by atoms with Crippen molar-refractivity contribution in [2.24, 2.45) is 5.92 Å². The number of aliphatic hydroxyl groups is 1. The Morgan fingerprint density at radius 2 is 1.69 bits per heavy atom. The first-order valence-corrected chi connectivity index (χ1v) is 13.1. The Bertz CT molecular complexity index is 781. The van der Waals surface area contributed by atoms with Gasteiger partial charge in [-0.15, -0.1) is 6.58 Å². The molecule has 4 heteroatoms. The normalized spacial score (nSPS) is 24.6. The Labute approximate surface area is 175 Å². The van der Waals surface area contributed by atoms with Gasteiger partial charge in [-0.25, -0.2) is 0 Å². The van der Waals surface area contributed by atoms with Crippen LogP contribution in [0.3, 0.4) is 0 Å². The molecule has 1 fully saturated rings. The van der Waals surface area contributed by atoms with Crippen molar-refractivity contribution in [3.8, 4) is 0 Å². The molecule has 3 rings (SSSR count). The van der Waals surface area contributed by atoms with Crippen molar-refractivity contribution in [1.29, 1.82) is 0 Å². The molecule has 1 saturated carbocycles. The van der Waals surface area contributed by atoms with Gasteiger partial charge in [-0.3, -0.25) is 4.79 Å². The fourth-order valence-electron chi connectivity index (χ4n) is 4.99. The number of allylic oxidation sites excluding steroid dienone is 1. The molecule has 0 amide bonds. The molecule has 0 unspecified atom stereocenters. The lowest BCUT2D eigenvalue weighted by Crippen LogP contribution is -2.60. The van der Waals surface area contributed by atoms with E-state index in [9.17, 15) is 9.90 Å². The van der Waals surface area contributed by atoms with Gasteiger partial charge in [0.1, 0.15) is 13.9 Å². The van der Waals surface area contributed by atoms with Crippen molar-refractivity contribution in [2.45, 2.75) is 43.9 Å². The molecular formula is C25H32O3Si. The van der Waals surface area contributed by atoms with E-state index >= 15 is 0 Å². The van der Waals surface area contributed by atoms with Crippen LogP contribution in [0.1, 0.15) is 26.2 Å². The number of ketones is 1. The highest BCUT2D eigenvalue weighted by Gasteiger charge is 2.57. The zero-order chi connectivity index (χ0) is 20.9. The summed E-state index contributed by atoms with van der Waals surface area (Å²) < 4.78 is 6.13. The van der Waals surface area contributed by atoms with Crippen LogP contribution in [0.2, 0.25) is 12.1 Å². The predicted octanol–water partition coefficient (Wildman–Crippen LogP) is 3.57. The minimum absolute atomic E-state index is 0.0330. The van der Waals surface area contributed by atoms with Crippen LogP contribution in [-0.2, 0) is 9.53 Å². The van der Waals surface area contributed by atoms with E-state index in [4.69, 9.17) is 4.74 Å². The highest BCUT2D eigenvalue weighted by Crippen LogP contribution is 2.48. The number of ether oxygens (including phenoxy) is 1. The average molecular weight is 409 g/mol. The van der Waals surface area contributed by atoms with Gasteiger partial charge in [-0.2, -0.15) is 0 Å². The van der Waals surface area contributed by atoms with E-state index in [1.165, 1.54) is 10.4 Å². The quantitative estimate of drug-likeness (QED) is 0.510. The van der Waals surface area contributed by atoms with E-state index < -0.39 is 13.7 Å². The van der Waals surface area contributed by atoms with Gasteiger partial charge in [0.05, 0.1) is 18.8 Å². The molecular weight excluding hydrogens is 376 g/mol. The van der Waals surface area contributed by atoms with Crippen LogP contribution in [0.25, 0.3) is 0 Å². The molecule has 3 atom stereocenters. The molecule has 0 spiro atoms. The molecule has 154 valence electrons. The first-order chi connectivity index (χ1) is 14.0. The van der Waals surface area contributed by atoms with Crippen LogP contribution < -0.4 is 10.4 Å². The number of benzene rings is 2. The van der Waals surface area contributed by atoms with Crippen molar-refractivity contribution >= 4 is 24.2 Å². The second kappa shape index (κ2) is 9.20. The minimum atomic E-state index is -2.36. The van der Waals surface area contributed by atoms with Gasteiger partial charge in [0.25, 0.3) is 0 Å². The van der Waals surface area contributed by atoms with Crippen molar-refractivity contribution in [1.82, 2.24) is 0 Å². The average Bonchev–Trinajstić information content (AvgIpc) is 3.02. The standard InChI is InChI=1S/C25H32O3Si/c1-4-5-16-22-24(27)23(19-25(22,2)28-18-17-26)29(3,20-12-8-6-9-13-20)21-14-10-7-11-15-21/h4,6-15,22-23,26H,1,5,16-19H2,2-3H3/t22-,23-,25+/m1/s1. The van der Waals surface area contributed by atoms with Crippen molar-refractivity contribution in [3.63, 3.8) is 0 Å². The van der Waals surface area contributed by atoms with Crippen LogP contribution in [0.5, 0.6) is 0 Å². The Kier molecular flexibility index (Phi) is 6.88. The summed E-state index contributed by atoms with van der Waals surface area (Å²) >= 11 is 0. The second-order valence-electron chi connectivity index (χ2n) is 8.40. The summed E-state index contributed by atoms with van der Waals surface area (Å²) in [6.07, 6.45) is 4.10. The number of carbonyl (C=O) groups is 1. The van der Waals surface area contributed by atoms with E-state index in [-0.39, 0.29) is 24.7 Å². The molecule has 1 aliphatic rings. The molecule has 0 bridgehead atoms. The van der Waals surface area contributed by atoms with Gasteiger partial charge in [-0.05, 0) is 26.2 Å². The molecule has 2 aromatic carbocycles. The van der Waals surface area contributed by atoms with Gasteiger partial charge in [-0.1, -0.05) is 83.7 Å². The van der Waals surface area contributed by atoms with E-state index in [1.54, 1.807) is 0 Å². The maximum atomic E-state index is 13.8. The van der Waals surface area contributed by atoms with Gasteiger partial charge < -0.3 is 9.84 Å². The highest BCUT2D eigenvalue weighted by atomic mass is 28.3. The van der Waals surface area contributed by atoms with Gasteiger partial charge in [0.15, 0.2) is 0 Å². The van der Waals surface area contributed by atoms with E-state index in [0.29, 0.717) is 12.2 Å². The third-order valence-corrected chi connectivity index (χ3v) is 11.6. The van der Waals surface area contributed by atoms with Crippen molar-refractivity contribution in [2.75, 3.05) is 13.2 Å². The summed E-state index contributed by atoms with van der Waals surface area (Å²) in [5.74, 6) is 0.144. The first-order valence-electron chi connectivity index (χ1n) is 10.5. The molecule has 0 saturated heterocycles. The zero-order valence-electron chi connectivity index (χ0n) is 17.5. The smallest absolute Gasteiger partial charge is 0.140 e. The summed E-state index contributed by atoms with van der Waals surface area (Å²) in [5.41, 5.74) is -0.614. The molecule has 29 heavy (non-hydrogen) atoms. The SMILES string of the molecule is C=CCC[C@@H]1C(=O)[C@H]([Si](C)(c2ccccc2)c2ccccc2)C[C@]1(C)OCCO. The maximum absolute atomic E-state index is 13.8. The number of rotatable bonds is 9. The monoisotopic (exact) mass is 408 g/mol.